The molecular formula is C18H18N2O6. The van der Waals surface area contributed by atoms with Gasteiger partial charge in [-0.2, -0.15) is 0 Å². The number of nitrogens with two attached hydrogens (primary N) is 1. The van der Waals surface area contributed by atoms with Crippen LogP contribution in [0, 0.1) is 0 Å². The van der Waals surface area contributed by atoms with E-state index < -0.39 is 24.4 Å². The van der Waals surface area contributed by atoms with Crippen LogP contribution in [0.15, 0.2) is 42.5 Å². The largest absolute Gasteiger partial charge is 0.497 e. The second-order valence-electron chi connectivity index (χ2n) is 5.13. The average Bonchev–Trinajstić information content (AvgIpc) is 2.66. The van der Waals surface area contributed by atoms with Crippen molar-refractivity contribution in [3.63, 3.8) is 0 Å². The fourth-order valence-electron chi connectivity index (χ4n) is 2.08. The topological polar surface area (TPSA) is 117 Å². The number of primary amides is 1. The Kier molecular flexibility index (Phi) is 6.15. The molecule has 8 heteroatoms. The molecule has 136 valence electrons. The molecule has 0 fully saturated rings. The third-order valence-electron chi connectivity index (χ3n) is 3.42. The first-order valence-corrected chi connectivity index (χ1v) is 7.53. The van der Waals surface area contributed by atoms with Crippen molar-refractivity contribution in [2.24, 2.45) is 5.73 Å². The van der Waals surface area contributed by atoms with E-state index in [9.17, 15) is 14.4 Å². The van der Waals surface area contributed by atoms with Crippen molar-refractivity contribution >= 4 is 23.5 Å². The highest BCUT2D eigenvalue weighted by atomic mass is 16.5. The van der Waals surface area contributed by atoms with E-state index in [4.69, 9.17) is 19.9 Å². The number of rotatable bonds is 7. The van der Waals surface area contributed by atoms with E-state index in [0.717, 1.165) is 0 Å². The van der Waals surface area contributed by atoms with Crippen LogP contribution in [0.4, 0.5) is 5.69 Å². The molecule has 0 aromatic heterocycles. The van der Waals surface area contributed by atoms with Crippen LogP contribution in [0.3, 0.4) is 0 Å². The number of benzene rings is 2. The van der Waals surface area contributed by atoms with Crippen LogP contribution in [0.5, 0.6) is 11.5 Å². The van der Waals surface area contributed by atoms with Crippen LogP contribution in [-0.4, -0.2) is 38.6 Å². The molecule has 8 nitrogen and oxygen atoms in total. The van der Waals surface area contributed by atoms with E-state index in [-0.39, 0.29) is 11.1 Å². The highest BCUT2D eigenvalue weighted by Crippen LogP contribution is 2.28. The zero-order chi connectivity index (χ0) is 19.1. The van der Waals surface area contributed by atoms with E-state index >= 15 is 0 Å². The van der Waals surface area contributed by atoms with Crippen molar-refractivity contribution in [1.29, 1.82) is 0 Å². The zero-order valence-corrected chi connectivity index (χ0v) is 14.3. The summed E-state index contributed by atoms with van der Waals surface area (Å²) in [4.78, 5) is 35.0. The molecule has 26 heavy (non-hydrogen) atoms. The molecule has 0 bridgehead atoms. The smallest absolute Gasteiger partial charge is 0.338 e. The molecule has 0 saturated carbocycles. The average molecular weight is 358 g/mol. The van der Waals surface area contributed by atoms with Gasteiger partial charge in [-0.15, -0.1) is 0 Å². The Labute approximate surface area is 149 Å². The minimum atomic E-state index is -0.700. The van der Waals surface area contributed by atoms with E-state index in [1.165, 1.54) is 38.5 Å². The van der Waals surface area contributed by atoms with Crippen LogP contribution < -0.4 is 20.5 Å². The zero-order valence-electron chi connectivity index (χ0n) is 14.3. The second-order valence-corrected chi connectivity index (χ2v) is 5.13. The molecule has 0 aliphatic rings. The van der Waals surface area contributed by atoms with Gasteiger partial charge in [-0.3, -0.25) is 9.59 Å². The predicted molar refractivity (Wildman–Crippen MR) is 93.4 cm³/mol. The fourth-order valence-corrected chi connectivity index (χ4v) is 2.08. The lowest BCUT2D eigenvalue weighted by Gasteiger charge is -2.12. The molecule has 2 rings (SSSR count). The monoisotopic (exact) mass is 358 g/mol. The SMILES string of the molecule is COc1ccc(OC)c(NC(=O)COC(=O)c2ccc(C(N)=O)cc2)c1. The van der Waals surface area contributed by atoms with Crippen molar-refractivity contribution in [3.05, 3.63) is 53.6 Å². The lowest BCUT2D eigenvalue weighted by molar-refractivity contribution is -0.119. The standard InChI is InChI=1S/C18H18N2O6/c1-24-13-7-8-15(25-2)14(9-13)20-16(21)10-26-18(23)12-5-3-11(4-6-12)17(19)22/h3-9H,10H2,1-2H3,(H2,19,22)(H,20,21). The van der Waals surface area contributed by atoms with E-state index in [1.807, 2.05) is 0 Å². The number of ether oxygens (including phenoxy) is 3. The Balaban J connectivity index is 1.96. The van der Waals surface area contributed by atoms with Crippen LogP contribution in [0.2, 0.25) is 0 Å². The Morgan fingerprint density at radius 3 is 2.19 bits per heavy atom. The molecular weight excluding hydrogens is 340 g/mol. The van der Waals surface area contributed by atoms with Crippen molar-refractivity contribution < 1.29 is 28.6 Å². The molecule has 2 aromatic rings. The normalized spacial score (nSPS) is 9.92. The molecule has 3 N–H and O–H groups in total. The molecule has 0 saturated heterocycles. The molecule has 0 radical (unpaired) electrons. The third kappa shape index (κ3) is 4.73. The van der Waals surface area contributed by atoms with Gasteiger partial charge in [0.15, 0.2) is 6.61 Å². The van der Waals surface area contributed by atoms with Gasteiger partial charge in [0.2, 0.25) is 5.91 Å². The number of carbonyl (C=O) groups is 3. The summed E-state index contributed by atoms with van der Waals surface area (Å²) in [6.07, 6.45) is 0. The minimum Gasteiger partial charge on any atom is -0.497 e. The quantitative estimate of drug-likeness (QED) is 0.726. The summed E-state index contributed by atoms with van der Waals surface area (Å²) in [5, 5.41) is 2.58. The Morgan fingerprint density at radius 2 is 1.62 bits per heavy atom. The number of esters is 1. The number of amides is 2. The summed E-state index contributed by atoms with van der Waals surface area (Å²) in [6, 6.07) is 10.5. The maximum absolute atomic E-state index is 12.0. The number of carbonyl (C=O) groups excluding carboxylic acids is 3. The van der Waals surface area contributed by atoms with E-state index in [0.29, 0.717) is 17.2 Å². The van der Waals surface area contributed by atoms with Crippen LogP contribution in [-0.2, 0) is 9.53 Å². The van der Waals surface area contributed by atoms with Gasteiger partial charge in [-0.1, -0.05) is 0 Å². The highest BCUT2D eigenvalue weighted by molar-refractivity contribution is 5.97. The first kappa shape index (κ1) is 18.8. The molecule has 2 aromatic carbocycles. The van der Waals surface area contributed by atoms with Crippen molar-refractivity contribution in [1.82, 2.24) is 0 Å². The van der Waals surface area contributed by atoms with Gasteiger partial charge < -0.3 is 25.3 Å². The van der Waals surface area contributed by atoms with Crippen LogP contribution in [0.25, 0.3) is 0 Å². The molecule has 0 unspecified atom stereocenters. The Hall–Kier alpha value is -3.55. The van der Waals surface area contributed by atoms with Gasteiger partial charge in [0, 0.05) is 11.6 Å². The first-order valence-electron chi connectivity index (χ1n) is 7.53. The fraction of sp³-hybridized carbons (Fsp3) is 0.167. The summed E-state index contributed by atoms with van der Waals surface area (Å²) in [6.45, 7) is -0.489. The van der Waals surface area contributed by atoms with Crippen molar-refractivity contribution in [2.45, 2.75) is 0 Å². The van der Waals surface area contributed by atoms with E-state index in [2.05, 4.69) is 5.32 Å². The van der Waals surface area contributed by atoms with Crippen molar-refractivity contribution in [3.8, 4) is 11.5 Å². The minimum absolute atomic E-state index is 0.196. The molecule has 2 amide bonds. The van der Waals surface area contributed by atoms with Gasteiger partial charge in [0.25, 0.3) is 5.91 Å². The summed E-state index contributed by atoms with van der Waals surface area (Å²) in [5.41, 5.74) is 5.98. The lowest BCUT2D eigenvalue weighted by Crippen LogP contribution is -2.21. The maximum atomic E-state index is 12.0. The Bertz CT molecular complexity index is 817. The second kappa shape index (κ2) is 8.52. The van der Waals surface area contributed by atoms with Crippen LogP contribution in [0.1, 0.15) is 20.7 Å². The number of anilines is 1. The summed E-state index contributed by atoms with van der Waals surface area (Å²) >= 11 is 0. The Morgan fingerprint density at radius 1 is 0.962 bits per heavy atom. The summed E-state index contributed by atoms with van der Waals surface area (Å²) in [5.74, 6) is -0.871. The maximum Gasteiger partial charge on any atom is 0.338 e. The number of nitrogens with one attached hydrogen (secondary N) is 1. The molecule has 0 aliphatic carbocycles. The highest BCUT2D eigenvalue weighted by Gasteiger charge is 2.13. The predicted octanol–water partition coefficient (Wildman–Crippen LogP) is 1.60. The number of methoxy groups -OCH3 is 2. The van der Waals surface area contributed by atoms with Crippen molar-refractivity contribution in [2.75, 3.05) is 26.1 Å². The van der Waals surface area contributed by atoms with E-state index in [1.54, 1.807) is 18.2 Å². The lowest BCUT2D eigenvalue weighted by atomic mass is 10.1. The number of hydrogen-bond acceptors (Lipinski definition) is 6. The molecule has 0 atom stereocenters. The van der Waals surface area contributed by atoms with Gasteiger partial charge in [0.05, 0.1) is 25.5 Å². The van der Waals surface area contributed by atoms with Gasteiger partial charge in [0.1, 0.15) is 11.5 Å². The van der Waals surface area contributed by atoms with Crippen LogP contribution >= 0.6 is 0 Å². The molecule has 0 heterocycles. The van der Waals surface area contributed by atoms with Gasteiger partial charge in [-0.25, -0.2) is 4.79 Å². The van der Waals surface area contributed by atoms with Gasteiger partial charge >= 0.3 is 5.97 Å². The first-order chi connectivity index (χ1) is 12.4. The number of hydrogen-bond donors (Lipinski definition) is 2. The molecule has 0 aliphatic heterocycles. The molecule has 0 spiro atoms. The summed E-state index contributed by atoms with van der Waals surface area (Å²) < 4.78 is 15.2. The third-order valence-corrected chi connectivity index (χ3v) is 3.42. The van der Waals surface area contributed by atoms with Gasteiger partial charge in [-0.05, 0) is 36.4 Å². The summed E-state index contributed by atoms with van der Waals surface area (Å²) in [7, 11) is 2.96.